The molecule has 0 saturated heterocycles. The summed E-state index contributed by atoms with van der Waals surface area (Å²) < 4.78 is 15.4. The molecule has 152 valence electrons. The van der Waals surface area contributed by atoms with E-state index in [0.29, 0.717) is 31.5 Å². The number of nitrogens with one attached hydrogen (secondary N) is 1. The Morgan fingerprint density at radius 2 is 1.93 bits per heavy atom. The van der Waals surface area contributed by atoms with Crippen LogP contribution in [0.2, 0.25) is 0 Å². The average Bonchev–Trinajstić information content (AvgIpc) is 3.07. The quantitative estimate of drug-likeness (QED) is 0.479. The minimum atomic E-state index is -0.370. The molecule has 0 spiro atoms. The zero-order chi connectivity index (χ0) is 20.9. The van der Waals surface area contributed by atoms with E-state index < -0.39 is 0 Å². The Morgan fingerprint density at radius 3 is 2.73 bits per heavy atom. The molecule has 0 atom stereocenters. The molecule has 2 aromatic carbocycles. The van der Waals surface area contributed by atoms with Gasteiger partial charge in [-0.25, -0.2) is 14.4 Å². The number of fused-ring (bicyclic) bond motifs is 1. The van der Waals surface area contributed by atoms with E-state index >= 15 is 0 Å². The molecular formula is C24H23FN4O. The Morgan fingerprint density at radius 1 is 1.10 bits per heavy atom. The smallest absolute Gasteiger partial charge is 0.224 e. The zero-order valence-corrected chi connectivity index (χ0v) is 16.8. The van der Waals surface area contributed by atoms with Crippen molar-refractivity contribution in [1.29, 1.82) is 0 Å². The van der Waals surface area contributed by atoms with Gasteiger partial charge < -0.3 is 9.88 Å². The van der Waals surface area contributed by atoms with Crippen molar-refractivity contribution in [2.24, 2.45) is 0 Å². The van der Waals surface area contributed by atoms with Crippen LogP contribution in [-0.2, 0) is 17.8 Å². The first-order valence-electron chi connectivity index (χ1n) is 9.99. The van der Waals surface area contributed by atoms with Crippen LogP contribution in [0.1, 0.15) is 29.8 Å². The largest absolute Gasteiger partial charge is 0.326 e. The molecule has 0 aliphatic rings. The number of hydrogen-bond donors (Lipinski definition) is 1. The first-order valence-corrected chi connectivity index (χ1v) is 9.99. The van der Waals surface area contributed by atoms with Crippen molar-refractivity contribution in [3.05, 3.63) is 89.6 Å². The number of nitrogens with zero attached hydrogens (tertiary/aromatic N) is 3. The van der Waals surface area contributed by atoms with Crippen LogP contribution in [-0.4, -0.2) is 20.4 Å². The van der Waals surface area contributed by atoms with Crippen molar-refractivity contribution in [3.8, 4) is 0 Å². The number of aromatic nitrogens is 3. The van der Waals surface area contributed by atoms with Crippen molar-refractivity contribution < 1.29 is 9.18 Å². The molecule has 1 N–H and O–H groups in total. The van der Waals surface area contributed by atoms with Crippen LogP contribution in [0.25, 0.3) is 11.2 Å². The standard InChI is InChI=1S/C24H23FN4O/c1-17-10-12-18(13-11-17)16-29-22(28-21-7-4-14-26-24(21)29)8-3-9-23(30)27-20-6-2-5-19(25)15-20/h2,4-7,10-15H,3,8-9,16H2,1H3,(H,27,30). The van der Waals surface area contributed by atoms with E-state index in [1.54, 1.807) is 18.3 Å². The molecular weight excluding hydrogens is 379 g/mol. The summed E-state index contributed by atoms with van der Waals surface area (Å²) in [5.74, 6) is 0.396. The molecule has 0 unspecified atom stereocenters. The van der Waals surface area contributed by atoms with Crippen molar-refractivity contribution in [2.75, 3.05) is 5.32 Å². The molecule has 0 fully saturated rings. The van der Waals surface area contributed by atoms with Gasteiger partial charge >= 0.3 is 0 Å². The Hall–Kier alpha value is -3.54. The number of amides is 1. The van der Waals surface area contributed by atoms with E-state index in [-0.39, 0.29) is 11.7 Å². The van der Waals surface area contributed by atoms with Crippen molar-refractivity contribution >= 4 is 22.8 Å². The Bertz CT molecular complexity index is 1170. The van der Waals surface area contributed by atoms with Crippen LogP contribution < -0.4 is 5.32 Å². The molecule has 0 saturated carbocycles. The molecule has 6 heteroatoms. The lowest BCUT2D eigenvalue weighted by molar-refractivity contribution is -0.116. The molecule has 0 bridgehead atoms. The van der Waals surface area contributed by atoms with Gasteiger partial charge in [0.05, 0.1) is 6.54 Å². The van der Waals surface area contributed by atoms with Crippen molar-refractivity contribution in [1.82, 2.24) is 14.5 Å². The fraction of sp³-hybridized carbons (Fsp3) is 0.208. The fourth-order valence-corrected chi connectivity index (χ4v) is 3.44. The molecule has 0 aliphatic heterocycles. The third kappa shape index (κ3) is 4.71. The molecule has 0 radical (unpaired) electrons. The van der Waals surface area contributed by atoms with Gasteiger partial charge in [-0.15, -0.1) is 0 Å². The molecule has 1 amide bonds. The average molecular weight is 402 g/mol. The molecule has 4 rings (SSSR count). The highest BCUT2D eigenvalue weighted by Crippen LogP contribution is 2.18. The summed E-state index contributed by atoms with van der Waals surface area (Å²) in [4.78, 5) is 21.5. The van der Waals surface area contributed by atoms with E-state index in [4.69, 9.17) is 4.98 Å². The summed E-state index contributed by atoms with van der Waals surface area (Å²) in [6, 6.07) is 18.2. The summed E-state index contributed by atoms with van der Waals surface area (Å²) in [7, 11) is 0. The van der Waals surface area contributed by atoms with E-state index in [9.17, 15) is 9.18 Å². The minimum Gasteiger partial charge on any atom is -0.326 e. The van der Waals surface area contributed by atoms with Crippen LogP contribution in [0.15, 0.2) is 66.9 Å². The second-order valence-electron chi connectivity index (χ2n) is 7.36. The van der Waals surface area contributed by atoms with E-state index in [1.807, 2.05) is 12.1 Å². The van der Waals surface area contributed by atoms with Gasteiger partial charge in [-0.05, 0) is 49.2 Å². The second-order valence-corrected chi connectivity index (χ2v) is 7.36. The number of carbonyl (C=O) groups is 1. The van der Waals surface area contributed by atoms with Crippen LogP contribution in [0.3, 0.4) is 0 Å². The van der Waals surface area contributed by atoms with E-state index in [2.05, 4.69) is 46.1 Å². The van der Waals surface area contributed by atoms with Crippen LogP contribution in [0, 0.1) is 12.7 Å². The number of anilines is 1. The summed E-state index contributed by atoms with van der Waals surface area (Å²) in [6.45, 7) is 2.75. The number of imidazole rings is 1. The van der Waals surface area contributed by atoms with E-state index in [0.717, 1.165) is 17.0 Å². The van der Waals surface area contributed by atoms with Crippen LogP contribution in [0.4, 0.5) is 10.1 Å². The first kappa shape index (κ1) is 19.8. The fourth-order valence-electron chi connectivity index (χ4n) is 3.44. The van der Waals surface area contributed by atoms with Gasteiger partial charge in [0.2, 0.25) is 5.91 Å². The minimum absolute atomic E-state index is 0.139. The van der Waals surface area contributed by atoms with Crippen molar-refractivity contribution in [2.45, 2.75) is 32.7 Å². The lowest BCUT2D eigenvalue weighted by atomic mass is 10.1. The summed E-state index contributed by atoms with van der Waals surface area (Å²) in [6.07, 6.45) is 3.39. The van der Waals surface area contributed by atoms with Gasteiger partial charge in [0.25, 0.3) is 0 Å². The topological polar surface area (TPSA) is 59.8 Å². The normalized spacial score (nSPS) is 11.0. The lowest BCUT2D eigenvalue weighted by Crippen LogP contribution is -2.12. The number of carbonyl (C=O) groups excluding carboxylic acids is 1. The highest BCUT2D eigenvalue weighted by Gasteiger charge is 2.13. The third-order valence-corrected chi connectivity index (χ3v) is 4.96. The van der Waals surface area contributed by atoms with Crippen LogP contribution in [0.5, 0.6) is 0 Å². The number of halogens is 1. The highest BCUT2D eigenvalue weighted by atomic mass is 19.1. The maximum Gasteiger partial charge on any atom is 0.224 e. The molecule has 5 nitrogen and oxygen atoms in total. The van der Waals surface area contributed by atoms with Gasteiger partial charge in [-0.1, -0.05) is 35.9 Å². The second kappa shape index (κ2) is 8.86. The van der Waals surface area contributed by atoms with Crippen molar-refractivity contribution in [3.63, 3.8) is 0 Å². The van der Waals surface area contributed by atoms with Gasteiger partial charge in [0, 0.05) is 24.7 Å². The SMILES string of the molecule is Cc1ccc(Cn2c(CCCC(=O)Nc3cccc(F)c3)nc3cccnc32)cc1. The Labute approximate surface area is 174 Å². The number of benzene rings is 2. The molecule has 4 aromatic rings. The van der Waals surface area contributed by atoms with Gasteiger partial charge in [0.15, 0.2) is 5.65 Å². The van der Waals surface area contributed by atoms with Gasteiger partial charge in [-0.3, -0.25) is 4.79 Å². The van der Waals surface area contributed by atoms with Gasteiger partial charge in [-0.2, -0.15) is 0 Å². The number of hydrogen-bond acceptors (Lipinski definition) is 3. The summed E-state index contributed by atoms with van der Waals surface area (Å²) in [5, 5.41) is 2.74. The number of pyridine rings is 1. The predicted octanol–water partition coefficient (Wildman–Crippen LogP) is 4.89. The lowest BCUT2D eigenvalue weighted by Gasteiger charge is -2.10. The maximum atomic E-state index is 13.3. The molecule has 30 heavy (non-hydrogen) atoms. The third-order valence-electron chi connectivity index (χ3n) is 4.96. The number of rotatable bonds is 7. The first-order chi connectivity index (χ1) is 14.6. The van der Waals surface area contributed by atoms with Crippen LogP contribution >= 0.6 is 0 Å². The maximum absolute atomic E-state index is 13.3. The summed E-state index contributed by atoms with van der Waals surface area (Å²) >= 11 is 0. The van der Waals surface area contributed by atoms with Gasteiger partial charge in [0.1, 0.15) is 17.2 Å². The molecule has 2 heterocycles. The summed E-state index contributed by atoms with van der Waals surface area (Å²) in [5.41, 5.74) is 4.56. The predicted molar refractivity (Wildman–Crippen MR) is 116 cm³/mol. The molecule has 2 aromatic heterocycles. The number of aryl methyl sites for hydroxylation is 2. The Balaban J connectivity index is 1.45. The highest BCUT2D eigenvalue weighted by molar-refractivity contribution is 5.90. The monoisotopic (exact) mass is 402 g/mol. The zero-order valence-electron chi connectivity index (χ0n) is 16.8. The Kier molecular flexibility index (Phi) is 5.84. The molecule has 0 aliphatic carbocycles. The van der Waals surface area contributed by atoms with E-state index in [1.165, 1.54) is 23.3 Å².